The zero-order valence-corrected chi connectivity index (χ0v) is 12.3. The topological polar surface area (TPSA) is 85.8 Å². The van der Waals surface area contributed by atoms with Gasteiger partial charge in [-0.2, -0.15) is 5.10 Å². The standard InChI is InChI=1S/C11H15N5O.2ClH/c1-7(2)16-11-8(5-14-16)3-9(6-13-11)15-10(17)4-12;;/h3,5-7H,4,12H2,1-2H3,(H,15,17);2*1H. The van der Waals surface area contributed by atoms with E-state index in [4.69, 9.17) is 5.73 Å². The van der Waals surface area contributed by atoms with Crippen molar-refractivity contribution in [1.29, 1.82) is 0 Å². The van der Waals surface area contributed by atoms with Crippen molar-refractivity contribution in [3.8, 4) is 0 Å². The summed E-state index contributed by atoms with van der Waals surface area (Å²) in [5, 5.41) is 7.81. The van der Waals surface area contributed by atoms with E-state index in [2.05, 4.69) is 15.4 Å². The molecular formula is C11H17Cl2N5O. The van der Waals surface area contributed by atoms with Crippen molar-refractivity contribution in [1.82, 2.24) is 14.8 Å². The van der Waals surface area contributed by atoms with Crippen molar-refractivity contribution in [2.45, 2.75) is 19.9 Å². The van der Waals surface area contributed by atoms with E-state index in [9.17, 15) is 4.79 Å². The Bertz CT molecular complexity index is 555. The molecule has 2 aromatic heterocycles. The number of hydrogen-bond donors (Lipinski definition) is 2. The molecule has 0 unspecified atom stereocenters. The molecule has 0 spiro atoms. The predicted octanol–water partition coefficient (Wildman–Crippen LogP) is 1.75. The van der Waals surface area contributed by atoms with Crippen molar-refractivity contribution in [2.24, 2.45) is 5.73 Å². The van der Waals surface area contributed by atoms with Crippen molar-refractivity contribution in [2.75, 3.05) is 11.9 Å². The third kappa shape index (κ3) is 3.79. The Balaban J connectivity index is 0.00000162. The number of carbonyl (C=O) groups is 1. The van der Waals surface area contributed by atoms with Gasteiger partial charge in [0.25, 0.3) is 0 Å². The molecule has 3 N–H and O–H groups in total. The number of nitrogens with two attached hydrogens (primary N) is 1. The fourth-order valence-corrected chi connectivity index (χ4v) is 1.60. The Morgan fingerprint density at radius 2 is 2.11 bits per heavy atom. The van der Waals surface area contributed by atoms with Gasteiger partial charge in [-0.3, -0.25) is 4.79 Å². The lowest BCUT2D eigenvalue weighted by Gasteiger charge is -2.07. The molecule has 2 rings (SSSR count). The normalized spacial score (nSPS) is 9.89. The van der Waals surface area contributed by atoms with Crippen LogP contribution in [0.5, 0.6) is 0 Å². The van der Waals surface area contributed by atoms with Gasteiger partial charge in [0.05, 0.1) is 24.6 Å². The van der Waals surface area contributed by atoms with Crippen LogP contribution in [0.2, 0.25) is 0 Å². The second-order valence-electron chi connectivity index (χ2n) is 4.07. The zero-order valence-electron chi connectivity index (χ0n) is 10.7. The molecule has 0 aliphatic heterocycles. The molecule has 0 radical (unpaired) electrons. The highest BCUT2D eigenvalue weighted by Gasteiger charge is 2.08. The molecule has 106 valence electrons. The summed E-state index contributed by atoms with van der Waals surface area (Å²) in [6, 6.07) is 2.09. The van der Waals surface area contributed by atoms with Crippen LogP contribution in [0.15, 0.2) is 18.5 Å². The van der Waals surface area contributed by atoms with E-state index in [-0.39, 0.29) is 43.3 Å². The van der Waals surface area contributed by atoms with Crippen LogP contribution < -0.4 is 11.1 Å². The number of amides is 1. The number of halogens is 2. The van der Waals surface area contributed by atoms with Gasteiger partial charge in [0, 0.05) is 11.4 Å². The minimum atomic E-state index is -0.234. The van der Waals surface area contributed by atoms with Gasteiger partial charge >= 0.3 is 0 Å². The molecule has 2 aromatic rings. The van der Waals surface area contributed by atoms with Gasteiger partial charge in [-0.05, 0) is 19.9 Å². The van der Waals surface area contributed by atoms with Crippen molar-refractivity contribution < 1.29 is 4.79 Å². The summed E-state index contributed by atoms with van der Waals surface area (Å²) in [6.07, 6.45) is 3.34. The Labute approximate surface area is 123 Å². The smallest absolute Gasteiger partial charge is 0.238 e. The van der Waals surface area contributed by atoms with E-state index in [1.54, 1.807) is 12.4 Å². The van der Waals surface area contributed by atoms with Crippen LogP contribution >= 0.6 is 24.8 Å². The van der Waals surface area contributed by atoms with Crippen molar-refractivity contribution in [3.63, 3.8) is 0 Å². The molecule has 8 heteroatoms. The fourth-order valence-electron chi connectivity index (χ4n) is 1.60. The van der Waals surface area contributed by atoms with Gasteiger partial charge in [0.15, 0.2) is 5.65 Å². The molecule has 0 aromatic carbocycles. The molecule has 19 heavy (non-hydrogen) atoms. The van der Waals surface area contributed by atoms with E-state index in [0.717, 1.165) is 11.0 Å². The van der Waals surface area contributed by atoms with Crippen molar-refractivity contribution in [3.05, 3.63) is 18.5 Å². The SMILES string of the molecule is CC(C)n1ncc2cc(NC(=O)CN)cnc21.Cl.Cl. The van der Waals surface area contributed by atoms with E-state index in [1.165, 1.54) is 0 Å². The van der Waals surface area contributed by atoms with Gasteiger partial charge in [-0.15, -0.1) is 24.8 Å². The van der Waals surface area contributed by atoms with Crippen LogP contribution in [0.1, 0.15) is 19.9 Å². The van der Waals surface area contributed by atoms with Gasteiger partial charge in [0.2, 0.25) is 5.91 Å². The molecule has 2 heterocycles. The zero-order chi connectivity index (χ0) is 12.4. The minimum absolute atomic E-state index is 0. The maximum atomic E-state index is 11.1. The summed E-state index contributed by atoms with van der Waals surface area (Å²) >= 11 is 0. The van der Waals surface area contributed by atoms with Crippen LogP contribution in [0.4, 0.5) is 5.69 Å². The van der Waals surface area contributed by atoms with Gasteiger partial charge in [-0.25, -0.2) is 9.67 Å². The summed E-state index contributed by atoms with van der Waals surface area (Å²) in [5.74, 6) is -0.234. The maximum absolute atomic E-state index is 11.1. The van der Waals surface area contributed by atoms with Gasteiger partial charge in [-0.1, -0.05) is 0 Å². The average Bonchev–Trinajstić information content (AvgIpc) is 2.71. The maximum Gasteiger partial charge on any atom is 0.238 e. The van der Waals surface area contributed by atoms with Gasteiger partial charge < -0.3 is 11.1 Å². The van der Waals surface area contributed by atoms with Crippen LogP contribution in [0.25, 0.3) is 11.0 Å². The summed E-state index contributed by atoms with van der Waals surface area (Å²) < 4.78 is 1.84. The molecule has 0 atom stereocenters. The molecule has 6 nitrogen and oxygen atoms in total. The minimum Gasteiger partial charge on any atom is -0.324 e. The molecule has 0 saturated heterocycles. The molecule has 0 aliphatic rings. The number of anilines is 1. The van der Waals surface area contributed by atoms with Gasteiger partial charge in [0.1, 0.15) is 0 Å². The largest absolute Gasteiger partial charge is 0.324 e. The molecule has 0 fully saturated rings. The third-order valence-corrected chi connectivity index (χ3v) is 2.39. The number of carbonyl (C=O) groups excluding carboxylic acids is 1. The number of nitrogens with one attached hydrogen (secondary N) is 1. The van der Waals surface area contributed by atoms with Crippen LogP contribution in [0.3, 0.4) is 0 Å². The fraction of sp³-hybridized carbons (Fsp3) is 0.364. The summed E-state index contributed by atoms with van der Waals surface area (Å²) in [4.78, 5) is 15.4. The highest BCUT2D eigenvalue weighted by molar-refractivity contribution is 5.93. The average molecular weight is 306 g/mol. The third-order valence-electron chi connectivity index (χ3n) is 2.39. The molecule has 0 saturated carbocycles. The predicted molar refractivity (Wildman–Crippen MR) is 80.1 cm³/mol. The second-order valence-corrected chi connectivity index (χ2v) is 4.07. The molecular weight excluding hydrogens is 289 g/mol. The first-order chi connectivity index (χ1) is 8.11. The van der Waals surface area contributed by atoms with E-state index >= 15 is 0 Å². The second kappa shape index (κ2) is 7.28. The first kappa shape index (κ1) is 17.6. The lowest BCUT2D eigenvalue weighted by atomic mass is 10.3. The Kier molecular flexibility index (Phi) is 6.75. The summed E-state index contributed by atoms with van der Waals surface area (Å²) in [5.41, 5.74) is 6.67. The lowest BCUT2D eigenvalue weighted by Crippen LogP contribution is -2.21. The molecule has 0 bridgehead atoms. The number of fused-ring (bicyclic) bond motifs is 1. The number of aromatic nitrogens is 3. The lowest BCUT2D eigenvalue weighted by molar-refractivity contribution is -0.114. The highest BCUT2D eigenvalue weighted by atomic mass is 35.5. The monoisotopic (exact) mass is 305 g/mol. The Morgan fingerprint density at radius 1 is 1.42 bits per heavy atom. The van der Waals surface area contributed by atoms with E-state index < -0.39 is 0 Å². The summed E-state index contributed by atoms with van der Waals surface area (Å²) in [6.45, 7) is 4.04. The number of nitrogens with zero attached hydrogens (tertiary/aromatic N) is 3. The number of hydrogen-bond acceptors (Lipinski definition) is 4. The number of pyridine rings is 1. The molecule has 1 amide bonds. The quantitative estimate of drug-likeness (QED) is 0.904. The van der Waals surface area contributed by atoms with E-state index in [0.29, 0.717) is 5.69 Å². The highest BCUT2D eigenvalue weighted by Crippen LogP contribution is 2.18. The Hall–Kier alpha value is -1.37. The first-order valence-corrected chi connectivity index (χ1v) is 5.45. The van der Waals surface area contributed by atoms with Crippen LogP contribution in [0, 0.1) is 0 Å². The Morgan fingerprint density at radius 3 is 2.68 bits per heavy atom. The first-order valence-electron chi connectivity index (χ1n) is 5.45. The van der Waals surface area contributed by atoms with Crippen molar-refractivity contribution >= 4 is 47.4 Å². The summed E-state index contributed by atoms with van der Waals surface area (Å²) in [7, 11) is 0. The van der Waals surface area contributed by atoms with E-state index in [1.807, 2.05) is 24.6 Å². The van der Waals surface area contributed by atoms with Crippen LogP contribution in [-0.4, -0.2) is 27.2 Å². The van der Waals surface area contributed by atoms with Crippen LogP contribution in [-0.2, 0) is 4.79 Å². The number of rotatable bonds is 3. The molecule has 0 aliphatic carbocycles.